The minimum absolute atomic E-state index is 0.0135. The summed E-state index contributed by atoms with van der Waals surface area (Å²) < 4.78 is 0. The molecule has 0 heterocycles. The third-order valence-electron chi connectivity index (χ3n) is 3.26. The lowest BCUT2D eigenvalue weighted by Crippen LogP contribution is -2.17. The van der Waals surface area contributed by atoms with Crippen LogP contribution in [0.1, 0.15) is 42.3 Å². The van der Waals surface area contributed by atoms with Crippen LogP contribution >= 0.6 is 11.6 Å². The van der Waals surface area contributed by atoms with E-state index in [-0.39, 0.29) is 11.7 Å². The molecule has 1 nitrogen and oxygen atoms in total. The van der Waals surface area contributed by atoms with Crippen LogP contribution in [0.5, 0.6) is 0 Å². The molecule has 1 atom stereocenters. The average molecular weight is 239 g/mol. The Morgan fingerprint density at radius 2 is 1.62 bits per heavy atom. The number of carbonyl (C=O) groups excluding carboxylic acids is 1. The number of halogens is 1. The van der Waals surface area contributed by atoms with E-state index in [1.807, 2.05) is 32.9 Å². The molecule has 16 heavy (non-hydrogen) atoms. The third-order valence-corrected chi connectivity index (χ3v) is 3.58. The number of hydrogen-bond acceptors (Lipinski definition) is 1. The molecule has 88 valence electrons. The Morgan fingerprint density at radius 3 is 2.12 bits per heavy atom. The third kappa shape index (κ3) is 2.65. The fraction of sp³-hybridized carbons (Fsp3) is 0.500. The fourth-order valence-corrected chi connectivity index (χ4v) is 1.83. The molecule has 0 bridgehead atoms. The Morgan fingerprint density at radius 1 is 1.12 bits per heavy atom. The number of ketones is 1. The van der Waals surface area contributed by atoms with E-state index in [4.69, 9.17) is 11.6 Å². The van der Waals surface area contributed by atoms with Crippen molar-refractivity contribution >= 4 is 17.4 Å². The first-order valence-corrected chi connectivity index (χ1v) is 6.03. The molecule has 2 heteroatoms. The van der Waals surface area contributed by atoms with Crippen LogP contribution < -0.4 is 0 Å². The monoisotopic (exact) mass is 238 g/mol. The molecular formula is C14H19ClO. The smallest absolute Gasteiger partial charge is 0.167 e. The highest BCUT2D eigenvalue weighted by atomic mass is 35.5. The van der Waals surface area contributed by atoms with Crippen molar-refractivity contribution in [2.45, 2.75) is 34.6 Å². The minimum Gasteiger partial charge on any atom is -0.294 e. The normalized spacial score (nSPS) is 12.9. The van der Waals surface area contributed by atoms with Crippen molar-refractivity contribution in [2.24, 2.45) is 11.8 Å². The van der Waals surface area contributed by atoms with Gasteiger partial charge in [-0.3, -0.25) is 4.79 Å². The lowest BCUT2D eigenvalue weighted by atomic mass is 9.89. The van der Waals surface area contributed by atoms with Crippen LogP contribution in [-0.4, -0.2) is 5.78 Å². The quantitative estimate of drug-likeness (QED) is 0.712. The van der Waals surface area contributed by atoms with Crippen LogP contribution in [0.2, 0.25) is 5.02 Å². The summed E-state index contributed by atoms with van der Waals surface area (Å²) >= 11 is 6.12. The van der Waals surface area contributed by atoms with E-state index in [0.717, 1.165) is 11.1 Å². The van der Waals surface area contributed by atoms with Gasteiger partial charge in [-0.25, -0.2) is 0 Å². The predicted octanol–water partition coefficient (Wildman–Crippen LogP) is 4.43. The first kappa shape index (κ1) is 13.2. The van der Waals surface area contributed by atoms with Crippen molar-refractivity contribution in [3.8, 4) is 0 Å². The molecule has 1 aromatic rings. The highest BCUT2D eigenvalue weighted by Crippen LogP contribution is 2.25. The molecule has 0 saturated heterocycles. The van der Waals surface area contributed by atoms with E-state index in [1.54, 1.807) is 0 Å². The summed E-state index contributed by atoms with van der Waals surface area (Å²) in [6.07, 6.45) is 0. The Balaban J connectivity index is 3.14. The van der Waals surface area contributed by atoms with Crippen LogP contribution in [0.25, 0.3) is 0 Å². The first-order valence-electron chi connectivity index (χ1n) is 5.65. The van der Waals surface area contributed by atoms with E-state index < -0.39 is 0 Å². The molecule has 0 radical (unpaired) electrons. The van der Waals surface area contributed by atoms with Crippen LogP contribution in [0, 0.1) is 25.7 Å². The van der Waals surface area contributed by atoms with Gasteiger partial charge in [-0.2, -0.15) is 0 Å². The molecule has 0 fully saturated rings. The largest absolute Gasteiger partial charge is 0.294 e. The van der Waals surface area contributed by atoms with Crippen LogP contribution in [0.4, 0.5) is 0 Å². The number of carbonyl (C=O) groups is 1. The van der Waals surface area contributed by atoms with Gasteiger partial charge in [-0.15, -0.1) is 0 Å². The van der Waals surface area contributed by atoms with Gasteiger partial charge in [-0.1, -0.05) is 32.4 Å². The van der Waals surface area contributed by atoms with E-state index in [9.17, 15) is 4.79 Å². The second-order valence-electron chi connectivity index (χ2n) is 4.81. The lowest BCUT2D eigenvalue weighted by molar-refractivity contribution is 0.0900. The van der Waals surface area contributed by atoms with E-state index in [1.165, 1.54) is 0 Å². The van der Waals surface area contributed by atoms with Gasteiger partial charge < -0.3 is 0 Å². The Labute approximate surface area is 103 Å². The van der Waals surface area contributed by atoms with Gasteiger partial charge in [0.25, 0.3) is 0 Å². The summed E-state index contributed by atoms with van der Waals surface area (Å²) in [4.78, 5) is 12.2. The number of aryl methyl sites for hydroxylation is 2. The molecule has 0 spiro atoms. The Kier molecular flexibility index (Phi) is 4.15. The van der Waals surface area contributed by atoms with Crippen LogP contribution in [0.15, 0.2) is 12.1 Å². The zero-order valence-electron chi connectivity index (χ0n) is 10.6. The summed E-state index contributed by atoms with van der Waals surface area (Å²) in [5, 5.41) is 0.570. The molecule has 0 aliphatic carbocycles. The maximum Gasteiger partial charge on any atom is 0.167 e. The van der Waals surface area contributed by atoms with Gasteiger partial charge >= 0.3 is 0 Å². The Hall–Kier alpha value is -0.820. The van der Waals surface area contributed by atoms with Gasteiger partial charge in [-0.05, 0) is 43.0 Å². The van der Waals surface area contributed by atoms with Crippen molar-refractivity contribution in [3.05, 3.63) is 33.8 Å². The standard InChI is InChI=1S/C14H19ClO/c1-8(2)11(5)14(16)12-6-9(3)10(4)7-13(12)15/h6-8,11H,1-5H3. The van der Waals surface area contributed by atoms with Gasteiger partial charge in [0, 0.05) is 11.5 Å². The average Bonchev–Trinajstić information content (AvgIpc) is 2.21. The van der Waals surface area contributed by atoms with Crippen LogP contribution in [-0.2, 0) is 0 Å². The summed E-state index contributed by atoms with van der Waals surface area (Å²) in [6.45, 7) is 10.1. The molecule has 1 unspecified atom stereocenters. The predicted molar refractivity (Wildman–Crippen MR) is 69.3 cm³/mol. The zero-order chi connectivity index (χ0) is 12.5. The lowest BCUT2D eigenvalue weighted by Gasteiger charge is -2.16. The van der Waals surface area contributed by atoms with Crippen molar-refractivity contribution in [3.63, 3.8) is 0 Å². The zero-order valence-corrected chi connectivity index (χ0v) is 11.4. The maximum atomic E-state index is 12.2. The molecule has 0 saturated carbocycles. The Bertz CT molecular complexity index is 407. The van der Waals surface area contributed by atoms with E-state index in [0.29, 0.717) is 16.5 Å². The fourth-order valence-electron chi connectivity index (χ4n) is 1.52. The highest BCUT2D eigenvalue weighted by molar-refractivity contribution is 6.34. The number of rotatable bonds is 3. The first-order chi connectivity index (χ1) is 7.34. The summed E-state index contributed by atoms with van der Waals surface area (Å²) in [6, 6.07) is 3.77. The summed E-state index contributed by atoms with van der Waals surface area (Å²) in [7, 11) is 0. The summed E-state index contributed by atoms with van der Waals surface area (Å²) in [5.74, 6) is 0.493. The molecule has 0 N–H and O–H groups in total. The molecule has 0 amide bonds. The minimum atomic E-state index is 0.0135. The van der Waals surface area contributed by atoms with Gasteiger partial charge in [0.15, 0.2) is 5.78 Å². The SMILES string of the molecule is Cc1cc(Cl)c(C(=O)C(C)C(C)C)cc1C. The number of benzene rings is 1. The van der Waals surface area contributed by atoms with Crippen molar-refractivity contribution in [1.29, 1.82) is 0 Å². The molecule has 1 rings (SSSR count). The van der Waals surface area contributed by atoms with Crippen LogP contribution in [0.3, 0.4) is 0 Å². The molecule has 0 aromatic heterocycles. The molecule has 0 aliphatic heterocycles. The summed E-state index contributed by atoms with van der Waals surface area (Å²) in [5.41, 5.74) is 2.90. The van der Waals surface area contributed by atoms with E-state index >= 15 is 0 Å². The van der Waals surface area contributed by atoms with Crippen molar-refractivity contribution in [1.82, 2.24) is 0 Å². The van der Waals surface area contributed by atoms with Gasteiger partial charge in [0.1, 0.15) is 0 Å². The second kappa shape index (κ2) is 5.01. The number of Topliss-reactive ketones (excluding diaryl/α,β-unsaturated/α-hetero) is 1. The maximum absolute atomic E-state index is 12.2. The van der Waals surface area contributed by atoms with E-state index in [2.05, 4.69) is 13.8 Å². The number of hydrogen-bond donors (Lipinski definition) is 0. The molecule has 0 aliphatic rings. The van der Waals surface area contributed by atoms with Crippen molar-refractivity contribution in [2.75, 3.05) is 0 Å². The molecule has 1 aromatic carbocycles. The highest BCUT2D eigenvalue weighted by Gasteiger charge is 2.21. The topological polar surface area (TPSA) is 17.1 Å². The van der Waals surface area contributed by atoms with Gasteiger partial charge in [0.2, 0.25) is 0 Å². The van der Waals surface area contributed by atoms with Crippen molar-refractivity contribution < 1.29 is 4.79 Å². The molecular weight excluding hydrogens is 220 g/mol. The second-order valence-corrected chi connectivity index (χ2v) is 5.22. The van der Waals surface area contributed by atoms with Gasteiger partial charge in [0.05, 0.1) is 5.02 Å².